The Balaban J connectivity index is 1.51. The molecule has 2 aromatic rings. The maximum absolute atomic E-state index is 11.6. The summed E-state index contributed by atoms with van der Waals surface area (Å²) < 4.78 is 18.6. The summed E-state index contributed by atoms with van der Waals surface area (Å²) in [6.45, 7) is 9.66. The van der Waals surface area contributed by atoms with Crippen LogP contribution in [0.3, 0.4) is 0 Å². The van der Waals surface area contributed by atoms with E-state index in [0.717, 1.165) is 66.5 Å². The molecule has 2 N–H and O–H groups in total. The number of hydrogen-bond donors (Lipinski definition) is 2. The SMILES string of the molecule is CC(=O)Nc1ccc(OCC2(C)CCc3c(C)c(O)c(C)c(C)c3O2)nc1OC1CCCC1. The van der Waals surface area contributed by atoms with Gasteiger partial charge < -0.3 is 24.6 Å². The third-order valence-electron chi connectivity index (χ3n) is 6.84. The lowest BCUT2D eigenvalue weighted by atomic mass is 9.87. The Morgan fingerprint density at radius 1 is 1.21 bits per heavy atom. The van der Waals surface area contributed by atoms with Crippen LogP contribution in [0.5, 0.6) is 23.3 Å². The van der Waals surface area contributed by atoms with Gasteiger partial charge in [-0.05, 0) is 89.0 Å². The first-order valence-corrected chi connectivity index (χ1v) is 11.8. The van der Waals surface area contributed by atoms with E-state index < -0.39 is 5.60 Å². The number of rotatable bonds is 6. The standard InChI is InChI=1S/C26H34N2O5/c1-15-16(2)24-20(17(3)23(15)30)12-13-26(5,33-24)14-31-22-11-10-21(27-18(4)29)25(28-22)32-19-8-6-7-9-19/h10-11,19,30H,6-9,12-14H2,1-5H3,(H,27,29). The maximum atomic E-state index is 11.6. The first-order chi connectivity index (χ1) is 15.7. The molecule has 1 aromatic heterocycles. The number of carbonyl (C=O) groups is 1. The van der Waals surface area contributed by atoms with Crippen LogP contribution >= 0.6 is 0 Å². The Kier molecular flexibility index (Phi) is 6.41. The van der Waals surface area contributed by atoms with Crippen LogP contribution in [0.15, 0.2) is 12.1 Å². The molecule has 0 saturated heterocycles. The predicted molar refractivity (Wildman–Crippen MR) is 127 cm³/mol. The number of ether oxygens (including phenoxy) is 3. The molecule has 33 heavy (non-hydrogen) atoms. The van der Waals surface area contributed by atoms with E-state index in [2.05, 4.69) is 10.3 Å². The molecule has 1 fully saturated rings. The van der Waals surface area contributed by atoms with E-state index in [9.17, 15) is 9.90 Å². The van der Waals surface area contributed by atoms with Crippen LogP contribution in [0.2, 0.25) is 0 Å². The first kappa shape index (κ1) is 23.2. The van der Waals surface area contributed by atoms with Gasteiger partial charge in [0.1, 0.15) is 35.5 Å². The molecule has 1 amide bonds. The molecular weight excluding hydrogens is 420 g/mol. The molecule has 4 rings (SSSR count). The molecular formula is C26H34N2O5. The van der Waals surface area contributed by atoms with Gasteiger partial charge in [0.25, 0.3) is 0 Å². The fourth-order valence-corrected chi connectivity index (χ4v) is 4.67. The second-order valence-electron chi connectivity index (χ2n) is 9.58. The molecule has 2 heterocycles. The highest BCUT2D eigenvalue weighted by Gasteiger charge is 2.35. The molecule has 1 aromatic carbocycles. The highest BCUT2D eigenvalue weighted by Crippen LogP contribution is 2.43. The van der Waals surface area contributed by atoms with Gasteiger partial charge in [0, 0.05) is 18.6 Å². The topological polar surface area (TPSA) is 89.9 Å². The number of anilines is 1. The van der Waals surface area contributed by atoms with Crippen molar-refractivity contribution in [3.8, 4) is 23.3 Å². The van der Waals surface area contributed by atoms with Crippen LogP contribution < -0.4 is 19.5 Å². The van der Waals surface area contributed by atoms with Crippen molar-refractivity contribution < 1.29 is 24.1 Å². The molecule has 1 saturated carbocycles. The van der Waals surface area contributed by atoms with Crippen molar-refractivity contribution in [2.45, 2.75) is 84.8 Å². The van der Waals surface area contributed by atoms with Gasteiger partial charge in [-0.2, -0.15) is 4.98 Å². The molecule has 1 unspecified atom stereocenters. The van der Waals surface area contributed by atoms with Crippen molar-refractivity contribution in [1.82, 2.24) is 4.98 Å². The third-order valence-corrected chi connectivity index (χ3v) is 6.84. The van der Waals surface area contributed by atoms with E-state index >= 15 is 0 Å². The average molecular weight is 455 g/mol. The summed E-state index contributed by atoms with van der Waals surface area (Å²) in [5, 5.41) is 13.2. The normalized spacial score (nSPS) is 20.2. The third kappa shape index (κ3) is 4.87. The molecule has 2 aliphatic rings. The number of pyridine rings is 1. The van der Waals surface area contributed by atoms with Crippen LogP contribution in [-0.4, -0.2) is 34.3 Å². The second-order valence-corrected chi connectivity index (χ2v) is 9.58. The van der Waals surface area contributed by atoms with Crippen molar-refractivity contribution in [3.05, 3.63) is 34.4 Å². The van der Waals surface area contributed by atoms with Gasteiger partial charge in [0.2, 0.25) is 17.7 Å². The van der Waals surface area contributed by atoms with Gasteiger partial charge in [-0.15, -0.1) is 0 Å². The number of hydrogen-bond acceptors (Lipinski definition) is 6. The Bertz CT molecular complexity index is 1060. The molecule has 7 nitrogen and oxygen atoms in total. The fourth-order valence-electron chi connectivity index (χ4n) is 4.67. The molecule has 1 aliphatic carbocycles. The monoisotopic (exact) mass is 454 g/mol. The van der Waals surface area contributed by atoms with Crippen molar-refractivity contribution in [2.24, 2.45) is 0 Å². The quantitative estimate of drug-likeness (QED) is 0.627. The number of amides is 1. The summed E-state index contributed by atoms with van der Waals surface area (Å²) in [7, 11) is 0. The van der Waals surface area contributed by atoms with E-state index in [0.29, 0.717) is 29.8 Å². The number of aromatic hydroxyl groups is 1. The summed E-state index contributed by atoms with van der Waals surface area (Å²) in [5.74, 6) is 1.86. The Hall–Kier alpha value is -2.96. The van der Waals surface area contributed by atoms with Gasteiger partial charge in [0.05, 0.1) is 0 Å². The van der Waals surface area contributed by atoms with E-state index in [-0.39, 0.29) is 12.0 Å². The Morgan fingerprint density at radius 3 is 2.64 bits per heavy atom. The van der Waals surface area contributed by atoms with E-state index in [1.807, 2.05) is 27.7 Å². The van der Waals surface area contributed by atoms with E-state index in [1.54, 1.807) is 12.1 Å². The second kappa shape index (κ2) is 9.12. The van der Waals surface area contributed by atoms with Crippen molar-refractivity contribution in [3.63, 3.8) is 0 Å². The smallest absolute Gasteiger partial charge is 0.241 e. The molecule has 178 valence electrons. The van der Waals surface area contributed by atoms with Crippen LogP contribution in [0.4, 0.5) is 5.69 Å². The summed E-state index contributed by atoms with van der Waals surface area (Å²) in [5.41, 5.74) is 3.79. The van der Waals surface area contributed by atoms with Gasteiger partial charge in [-0.3, -0.25) is 4.79 Å². The predicted octanol–water partition coefficient (Wildman–Crippen LogP) is 5.15. The lowest BCUT2D eigenvalue weighted by Crippen LogP contribution is -2.42. The lowest BCUT2D eigenvalue weighted by Gasteiger charge is -2.37. The first-order valence-electron chi connectivity index (χ1n) is 11.8. The minimum Gasteiger partial charge on any atom is -0.507 e. The van der Waals surface area contributed by atoms with E-state index in [4.69, 9.17) is 14.2 Å². The van der Waals surface area contributed by atoms with Crippen LogP contribution in [-0.2, 0) is 11.2 Å². The Morgan fingerprint density at radius 2 is 1.94 bits per heavy atom. The summed E-state index contributed by atoms with van der Waals surface area (Å²) in [4.78, 5) is 16.2. The number of nitrogens with zero attached hydrogens (tertiary/aromatic N) is 1. The molecule has 1 atom stereocenters. The van der Waals surface area contributed by atoms with Crippen molar-refractivity contribution >= 4 is 11.6 Å². The van der Waals surface area contributed by atoms with Crippen LogP contribution in [0.1, 0.15) is 68.2 Å². The zero-order chi connectivity index (χ0) is 23.8. The van der Waals surface area contributed by atoms with E-state index in [1.165, 1.54) is 6.92 Å². The number of benzene rings is 1. The summed E-state index contributed by atoms with van der Waals surface area (Å²) in [6, 6.07) is 3.51. The highest BCUT2D eigenvalue weighted by molar-refractivity contribution is 5.90. The molecule has 0 radical (unpaired) electrons. The molecule has 0 bridgehead atoms. The van der Waals surface area contributed by atoms with Gasteiger partial charge in [-0.25, -0.2) is 0 Å². The lowest BCUT2D eigenvalue weighted by molar-refractivity contribution is -0.114. The van der Waals surface area contributed by atoms with Crippen LogP contribution in [0.25, 0.3) is 0 Å². The zero-order valence-corrected chi connectivity index (χ0v) is 20.2. The molecule has 1 aliphatic heterocycles. The van der Waals surface area contributed by atoms with Crippen LogP contribution in [0, 0.1) is 20.8 Å². The number of aromatic nitrogens is 1. The minimum atomic E-state index is -0.530. The number of nitrogens with one attached hydrogen (secondary N) is 1. The van der Waals surface area contributed by atoms with Crippen molar-refractivity contribution in [1.29, 1.82) is 0 Å². The molecule has 0 spiro atoms. The summed E-state index contributed by atoms with van der Waals surface area (Å²) >= 11 is 0. The average Bonchev–Trinajstić information content (AvgIpc) is 3.29. The van der Waals surface area contributed by atoms with Crippen molar-refractivity contribution in [2.75, 3.05) is 11.9 Å². The zero-order valence-electron chi connectivity index (χ0n) is 20.2. The Labute approximate surface area is 195 Å². The number of fused-ring (bicyclic) bond motifs is 1. The fraction of sp³-hybridized carbons (Fsp3) is 0.538. The maximum Gasteiger partial charge on any atom is 0.241 e. The largest absolute Gasteiger partial charge is 0.507 e. The van der Waals surface area contributed by atoms with Gasteiger partial charge in [0.15, 0.2) is 0 Å². The summed E-state index contributed by atoms with van der Waals surface area (Å²) in [6.07, 6.45) is 5.95. The molecule has 7 heteroatoms. The highest BCUT2D eigenvalue weighted by atomic mass is 16.6. The number of phenolic OH excluding ortho intramolecular Hbond substituents is 1. The minimum absolute atomic E-state index is 0.113. The van der Waals surface area contributed by atoms with Gasteiger partial charge in [-0.1, -0.05) is 0 Å². The van der Waals surface area contributed by atoms with Gasteiger partial charge >= 0.3 is 0 Å². The number of carbonyl (C=O) groups excluding carboxylic acids is 1. The number of phenols is 1.